The highest BCUT2D eigenvalue weighted by molar-refractivity contribution is 5.76. The second kappa shape index (κ2) is 5.42. The van der Waals surface area contributed by atoms with E-state index in [1.165, 1.54) is 0 Å². The normalized spacial score (nSPS) is 28.3. The van der Waals surface area contributed by atoms with Crippen molar-refractivity contribution in [1.82, 2.24) is 9.80 Å². The Balaban J connectivity index is 1.95. The van der Waals surface area contributed by atoms with Crippen LogP contribution < -0.4 is 0 Å². The number of carboxylic acid groups (broad SMARTS) is 1. The number of rotatable bonds is 1. The third-order valence-electron chi connectivity index (χ3n) is 3.80. The minimum Gasteiger partial charge on any atom is -0.481 e. The zero-order valence-electron chi connectivity index (χ0n) is 10.7. The molecule has 18 heavy (non-hydrogen) atoms. The molecule has 2 rings (SSSR count). The van der Waals surface area contributed by atoms with E-state index in [1.54, 1.807) is 0 Å². The van der Waals surface area contributed by atoms with Gasteiger partial charge in [0, 0.05) is 25.7 Å². The van der Waals surface area contributed by atoms with Crippen LogP contribution >= 0.6 is 0 Å². The molecule has 5 nitrogen and oxygen atoms in total. The van der Waals surface area contributed by atoms with E-state index in [0.29, 0.717) is 25.9 Å². The van der Waals surface area contributed by atoms with Crippen LogP contribution in [0.2, 0.25) is 0 Å². The minimum atomic E-state index is -0.741. The van der Waals surface area contributed by atoms with Crippen molar-refractivity contribution < 1.29 is 14.7 Å². The first-order valence-electron chi connectivity index (χ1n) is 6.53. The summed E-state index contributed by atoms with van der Waals surface area (Å²) in [6, 6.07) is 0.0638. The molecule has 0 aromatic carbocycles. The van der Waals surface area contributed by atoms with Crippen LogP contribution in [0.1, 0.15) is 26.2 Å². The fraction of sp³-hybridized carbons (Fsp3) is 0.692. The number of hydrogen-bond donors (Lipinski definition) is 1. The minimum absolute atomic E-state index is 0.0123. The second-order valence-corrected chi connectivity index (χ2v) is 5.09. The number of aliphatic carboxylic acids is 1. The molecule has 1 saturated heterocycles. The number of urea groups is 1. The van der Waals surface area contributed by atoms with Gasteiger partial charge < -0.3 is 14.9 Å². The molecule has 0 aliphatic carbocycles. The number of amides is 2. The topological polar surface area (TPSA) is 60.9 Å². The summed E-state index contributed by atoms with van der Waals surface area (Å²) in [6.45, 7) is 3.93. The van der Waals surface area contributed by atoms with Crippen LogP contribution in [0.4, 0.5) is 4.79 Å². The average molecular weight is 252 g/mol. The predicted molar refractivity (Wildman–Crippen MR) is 67.3 cm³/mol. The number of likely N-dealkylation sites (tertiary alicyclic amines) is 1. The molecule has 1 N–H and O–H groups in total. The summed E-state index contributed by atoms with van der Waals surface area (Å²) in [6.07, 6.45) is 6.13. The van der Waals surface area contributed by atoms with E-state index in [0.717, 1.165) is 13.0 Å². The zero-order valence-corrected chi connectivity index (χ0v) is 10.7. The quantitative estimate of drug-likeness (QED) is 0.720. The van der Waals surface area contributed by atoms with Gasteiger partial charge in [-0.25, -0.2) is 4.79 Å². The number of hydrogen-bond acceptors (Lipinski definition) is 2. The van der Waals surface area contributed by atoms with Crippen molar-refractivity contribution in [3.05, 3.63) is 12.2 Å². The van der Waals surface area contributed by atoms with E-state index < -0.39 is 5.97 Å². The van der Waals surface area contributed by atoms with Gasteiger partial charge in [0.1, 0.15) is 0 Å². The maximum absolute atomic E-state index is 12.3. The van der Waals surface area contributed by atoms with Crippen molar-refractivity contribution in [2.75, 3.05) is 19.6 Å². The van der Waals surface area contributed by atoms with Gasteiger partial charge in [-0.15, -0.1) is 0 Å². The Morgan fingerprint density at radius 2 is 2.06 bits per heavy atom. The highest BCUT2D eigenvalue weighted by Crippen LogP contribution is 2.24. The second-order valence-electron chi connectivity index (χ2n) is 5.09. The van der Waals surface area contributed by atoms with E-state index in [4.69, 9.17) is 5.11 Å². The van der Waals surface area contributed by atoms with Crippen molar-refractivity contribution in [3.8, 4) is 0 Å². The molecule has 5 heteroatoms. The van der Waals surface area contributed by atoms with Crippen LogP contribution in [0.25, 0.3) is 0 Å². The highest BCUT2D eigenvalue weighted by atomic mass is 16.4. The van der Waals surface area contributed by atoms with Gasteiger partial charge in [-0.1, -0.05) is 12.2 Å². The average Bonchev–Trinajstić information content (AvgIpc) is 2.38. The van der Waals surface area contributed by atoms with Gasteiger partial charge in [0.25, 0.3) is 0 Å². The maximum atomic E-state index is 12.3. The number of carbonyl (C=O) groups is 2. The van der Waals surface area contributed by atoms with Crippen LogP contribution in [0.3, 0.4) is 0 Å². The molecular weight excluding hydrogens is 232 g/mol. The molecule has 2 atom stereocenters. The molecule has 0 bridgehead atoms. The van der Waals surface area contributed by atoms with E-state index in [-0.39, 0.29) is 18.0 Å². The molecule has 100 valence electrons. The lowest BCUT2D eigenvalue weighted by atomic mass is 9.92. The first-order valence-corrected chi connectivity index (χ1v) is 6.53. The smallest absolute Gasteiger partial charge is 0.320 e. The van der Waals surface area contributed by atoms with Gasteiger partial charge in [-0.3, -0.25) is 4.79 Å². The lowest BCUT2D eigenvalue weighted by Gasteiger charge is -2.39. The lowest BCUT2D eigenvalue weighted by molar-refractivity contribution is -0.143. The molecule has 0 spiro atoms. The lowest BCUT2D eigenvalue weighted by Crippen LogP contribution is -2.52. The number of carboxylic acids is 1. The summed E-state index contributed by atoms with van der Waals surface area (Å²) in [7, 11) is 0. The molecule has 2 aliphatic rings. The van der Waals surface area contributed by atoms with Gasteiger partial charge in [0.2, 0.25) is 0 Å². The molecule has 2 unspecified atom stereocenters. The molecular formula is C13H20N2O3. The monoisotopic (exact) mass is 252 g/mol. The molecule has 2 heterocycles. The summed E-state index contributed by atoms with van der Waals surface area (Å²) in [5.74, 6) is -1.04. The van der Waals surface area contributed by atoms with Crippen LogP contribution in [-0.2, 0) is 4.79 Å². The van der Waals surface area contributed by atoms with Gasteiger partial charge in [0.05, 0.1) is 5.92 Å². The Hall–Kier alpha value is -1.52. The molecule has 0 saturated carbocycles. The SMILES string of the molecule is CC1CC(C(=O)O)CCN1C(=O)N1CC=CCC1. The first-order chi connectivity index (χ1) is 8.59. The predicted octanol–water partition coefficient (Wildman–Crippen LogP) is 1.55. The molecule has 0 aromatic heterocycles. The zero-order chi connectivity index (χ0) is 13.1. The summed E-state index contributed by atoms with van der Waals surface area (Å²) in [5.41, 5.74) is 0. The molecule has 0 aromatic rings. The Labute approximate surface area is 107 Å². The molecule has 2 aliphatic heterocycles. The molecule has 1 fully saturated rings. The van der Waals surface area contributed by atoms with Crippen molar-refractivity contribution >= 4 is 12.0 Å². The molecule has 0 radical (unpaired) electrons. The van der Waals surface area contributed by atoms with Crippen LogP contribution in [0.5, 0.6) is 0 Å². The van der Waals surface area contributed by atoms with E-state index in [9.17, 15) is 9.59 Å². The fourth-order valence-corrected chi connectivity index (χ4v) is 2.68. The third-order valence-corrected chi connectivity index (χ3v) is 3.80. The van der Waals surface area contributed by atoms with Gasteiger partial charge in [0.15, 0.2) is 0 Å². The largest absolute Gasteiger partial charge is 0.481 e. The number of piperidine rings is 1. The van der Waals surface area contributed by atoms with Crippen LogP contribution in [0, 0.1) is 5.92 Å². The summed E-state index contributed by atoms with van der Waals surface area (Å²) in [4.78, 5) is 26.9. The summed E-state index contributed by atoms with van der Waals surface area (Å²) >= 11 is 0. The first kappa shape index (κ1) is 12.9. The van der Waals surface area contributed by atoms with Gasteiger partial charge in [-0.05, 0) is 26.2 Å². The summed E-state index contributed by atoms with van der Waals surface area (Å²) in [5, 5.41) is 9.01. The van der Waals surface area contributed by atoms with Crippen molar-refractivity contribution in [2.45, 2.75) is 32.2 Å². The van der Waals surface area contributed by atoms with E-state index in [1.807, 2.05) is 22.8 Å². The highest BCUT2D eigenvalue weighted by Gasteiger charge is 2.33. The van der Waals surface area contributed by atoms with E-state index in [2.05, 4.69) is 6.08 Å². The Kier molecular flexibility index (Phi) is 3.89. The molecule has 2 amide bonds. The van der Waals surface area contributed by atoms with Gasteiger partial charge >= 0.3 is 12.0 Å². The summed E-state index contributed by atoms with van der Waals surface area (Å²) < 4.78 is 0. The fourth-order valence-electron chi connectivity index (χ4n) is 2.68. The Morgan fingerprint density at radius 1 is 1.28 bits per heavy atom. The Bertz CT molecular complexity index is 367. The third kappa shape index (κ3) is 2.66. The van der Waals surface area contributed by atoms with Crippen molar-refractivity contribution in [1.29, 1.82) is 0 Å². The van der Waals surface area contributed by atoms with E-state index >= 15 is 0 Å². The van der Waals surface area contributed by atoms with Crippen LogP contribution in [-0.4, -0.2) is 52.6 Å². The Morgan fingerprint density at radius 3 is 2.61 bits per heavy atom. The van der Waals surface area contributed by atoms with Gasteiger partial charge in [-0.2, -0.15) is 0 Å². The number of carbonyl (C=O) groups excluding carboxylic acids is 1. The number of nitrogens with zero attached hydrogens (tertiary/aromatic N) is 2. The van der Waals surface area contributed by atoms with Crippen molar-refractivity contribution in [3.63, 3.8) is 0 Å². The van der Waals surface area contributed by atoms with Crippen LogP contribution in [0.15, 0.2) is 12.2 Å². The maximum Gasteiger partial charge on any atom is 0.320 e. The standard InChI is InChI=1S/C13H20N2O3/c1-10-9-11(12(16)17)5-8-15(10)13(18)14-6-3-2-4-7-14/h2-3,10-11H,4-9H2,1H3,(H,16,17). The van der Waals surface area contributed by atoms with Crippen molar-refractivity contribution in [2.24, 2.45) is 5.92 Å².